The molecular formula is C17H15N5. The van der Waals surface area contributed by atoms with E-state index in [1.807, 2.05) is 38.2 Å². The van der Waals surface area contributed by atoms with Gasteiger partial charge in [-0.05, 0) is 44.2 Å². The van der Waals surface area contributed by atoms with Crippen molar-refractivity contribution in [1.82, 2.24) is 24.5 Å². The van der Waals surface area contributed by atoms with E-state index in [1.54, 1.807) is 12.4 Å². The van der Waals surface area contributed by atoms with Gasteiger partial charge in [0, 0.05) is 29.8 Å². The van der Waals surface area contributed by atoms with Gasteiger partial charge >= 0.3 is 0 Å². The van der Waals surface area contributed by atoms with Gasteiger partial charge in [0.2, 0.25) is 0 Å². The highest BCUT2D eigenvalue weighted by molar-refractivity contribution is 5.81. The number of aromatic amines is 1. The molecular weight excluding hydrogens is 274 g/mol. The van der Waals surface area contributed by atoms with Crippen LogP contribution in [0.15, 0.2) is 48.9 Å². The Morgan fingerprint density at radius 3 is 2.55 bits per heavy atom. The molecule has 0 atom stereocenters. The summed E-state index contributed by atoms with van der Waals surface area (Å²) in [5, 5.41) is 0. The molecule has 0 spiro atoms. The first-order valence-electron chi connectivity index (χ1n) is 7.14. The minimum absolute atomic E-state index is 0.855. The molecule has 108 valence electrons. The molecule has 0 aliphatic carbocycles. The number of imidazole rings is 2. The fourth-order valence-electron chi connectivity index (χ4n) is 2.67. The Morgan fingerprint density at radius 2 is 1.82 bits per heavy atom. The predicted octanol–water partition coefficient (Wildman–Crippen LogP) is 3.43. The summed E-state index contributed by atoms with van der Waals surface area (Å²) in [5.41, 5.74) is 5.08. The molecule has 3 heterocycles. The van der Waals surface area contributed by atoms with Crippen LogP contribution in [-0.4, -0.2) is 24.5 Å². The molecule has 3 aromatic heterocycles. The lowest BCUT2D eigenvalue weighted by Crippen LogP contribution is -1.94. The van der Waals surface area contributed by atoms with Gasteiger partial charge in [-0.2, -0.15) is 0 Å². The van der Waals surface area contributed by atoms with Crippen LogP contribution >= 0.6 is 0 Å². The van der Waals surface area contributed by atoms with Gasteiger partial charge in [-0.1, -0.05) is 0 Å². The molecule has 22 heavy (non-hydrogen) atoms. The first-order valence-corrected chi connectivity index (χ1v) is 7.14. The standard InChI is InChI=1S/C17H15N5/c1-11-10-22(12(2)19-11)14-3-4-15-16(9-14)21-17(20-15)13-5-7-18-8-6-13/h3-10H,1-2H3,(H,20,21). The molecule has 1 aromatic carbocycles. The fraction of sp³-hybridized carbons (Fsp3) is 0.118. The zero-order valence-corrected chi connectivity index (χ0v) is 12.4. The zero-order valence-electron chi connectivity index (χ0n) is 12.4. The van der Waals surface area contributed by atoms with Gasteiger partial charge in [0.1, 0.15) is 11.6 Å². The molecule has 0 radical (unpaired) electrons. The molecule has 0 fully saturated rings. The summed E-state index contributed by atoms with van der Waals surface area (Å²) in [7, 11) is 0. The van der Waals surface area contributed by atoms with Crippen molar-refractivity contribution >= 4 is 11.0 Å². The van der Waals surface area contributed by atoms with Crippen LogP contribution in [0.4, 0.5) is 0 Å². The molecule has 0 saturated carbocycles. The Hall–Kier alpha value is -2.95. The van der Waals surface area contributed by atoms with Crippen LogP contribution < -0.4 is 0 Å². The van der Waals surface area contributed by atoms with Crippen LogP contribution in [0.3, 0.4) is 0 Å². The van der Waals surface area contributed by atoms with Gasteiger partial charge in [0.25, 0.3) is 0 Å². The third-order valence-corrected chi connectivity index (χ3v) is 3.70. The Labute approximate surface area is 127 Å². The second-order valence-corrected chi connectivity index (χ2v) is 5.32. The third kappa shape index (κ3) is 2.07. The maximum Gasteiger partial charge on any atom is 0.138 e. The van der Waals surface area contributed by atoms with E-state index in [0.717, 1.165) is 39.6 Å². The summed E-state index contributed by atoms with van der Waals surface area (Å²) in [6.07, 6.45) is 5.58. The molecule has 0 saturated heterocycles. The van der Waals surface area contributed by atoms with Crippen molar-refractivity contribution in [2.24, 2.45) is 0 Å². The molecule has 0 aliphatic heterocycles. The monoisotopic (exact) mass is 289 g/mol. The summed E-state index contributed by atoms with van der Waals surface area (Å²) in [4.78, 5) is 16.5. The van der Waals surface area contributed by atoms with E-state index < -0.39 is 0 Å². The van der Waals surface area contributed by atoms with E-state index in [9.17, 15) is 0 Å². The second kappa shape index (κ2) is 4.80. The van der Waals surface area contributed by atoms with Crippen LogP contribution in [0.25, 0.3) is 28.1 Å². The zero-order chi connectivity index (χ0) is 15.1. The summed E-state index contributed by atoms with van der Waals surface area (Å²) < 4.78 is 2.09. The largest absolute Gasteiger partial charge is 0.338 e. The van der Waals surface area contributed by atoms with Gasteiger partial charge in [-0.25, -0.2) is 9.97 Å². The number of aromatic nitrogens is 5. The number of hydrogen-bond donors (Lipinski definition) is 1. The quantitative estimate of drug-likeness (QED) is 0.615. The van der Waals surface area contributed by atoms with Crippen LogP contribution in [0.5, 0.6) is 0 Å². The molecule has 5 nitrogen and oxygen atoms in total. The highest BCUT2D eigenvalue weighted by Crippen LogP contribution is 2.22. The minimum Gasteiger partial charge on any atom is -0.338 e. The lowest BCUT2D eigenvalue weighted by atomic mass is 10.2. The number of rotatable bonds is 2. The molecule has 0 amide bonds. The summed E-state index contributed by atoms with van der Waals surface area (Å²) in [5.74, 6) is 1.83. The summed E-state index contributed by atoms with van der Waals surface area (Å²) >= 11 is 0. The maximum atomic E-state index is 4.64. The van der Waals surface area contributed by atoms with Crippen LogP contribution in [0.2, 0.25) is 0 Å². The van der Waals surface area contributed by atoms with E-state index >= 15 is 0 Å². The van der Waals surface area contributed by atoms with Crippen LogP contribution in [0, 0.1) is 13.8 Å². The van der Waals surface area contributed by atoms with E-state index in [1.165, 1.54) is 0 Å². The first-order chi connectivity index (χ1) is 10.7. The van der Waals surface area contributed by atoms with Gasteiger partial charge in [0.15, 0.2) is 0 Å². The first kappa shape index (κ1) is 12.8. The van der Waals surface area contributed by atoms with Crippen LogP contribution in [-0.2, 0) is 0 Å². The number of fused-ring (bicyclic) bond motifs is 1. The molecule has 5 heteroatoms. The number of nitrogens with one attached hydrogen (secondary N) is 1. The van der Waals surface area contributed by atoms with Crippen molar-refractivity contribution in [3.8, 4) is 17.1 Å². The number of aryl methyl sites for hydroxylation is 2. The van der Waals surface area contributed by atoms with Gasteiger partial charge in [-0.15, -0.1) is 0 Å². The number of nitrogens with zero attached hydrogens (tertiary/aromatic N) is 4. The highest BCUT2D eigenvalue weighted by Gasteiger charge is 2.08. The Balaban J connectivity index is 1.83. The van der Waals surface area contributed by atoms with Crippen molar-refractivity contribution in [3.05, 3.63) is 60.4 Å². The normalized spacial score (nSPS) is 11.2. The van der Waals surface area contributed by atoms with E-state index in [0.29, 0.717) is 0 Å². The Kier molecular flexibility index (Phi) is 2.79. The van der Waals surface area contributed by atoms with Gasteiger partial charge in [0.05, 0.1) is 16.7 Å². The van der Waals surface area contributed by atoms with Crippen molar-refractivity contribution in [3.63, 3.8) is 0 Å². The van der Waals surface area contributed by atoms with Crippen molar-refractivity contribution in [2.75, 3.05) is 0 Å². The summed E-state index contributed by atoms with van der Waals surface area (Å²) in [6.45, 7) is 4.01. The van der Waals surface area contributed by atoms with E-state index in [-0.39, 0.29) is 0 Å². The lowest BCUT2D eigenvalue weighted by Gasteiger charge is -2.04. The average molecular weight is 289 g/mol. The third-order valence-electron chi connectivity index (χ3n) is 3.70. The topological polar surface area (TPSA) is 59.4 Å². The van der Waals surface area contributed by atoms with E-state index in [2.05, 4.69) is 36.6 Å². The van der Waals surface area contributed by atoms with Gasteiger partial charge in [-0.3, -0.25) is 4.98 Å². The number of pyridine rings is 1. The number of H-pyrrole nitrogens is 1. The van der Waals surface area contributed by atoms with Crippen molar-refractivity contribution < 1.29 is 0 Å². The SMILES string of the molecule is Cc1cn(-c2ccc3nc(-c4ccncc4)[nH]c3c2)c(C)n1. The van der Waals surface area contributed by atoms with Crippen molar-refractivity contribution in [2.45, 2.75) is 13.8 Å². The van der Waals surface area contributed by atoms with Crippen molar-refractivity contribution in [1.29, 1.82) is 0 Å². The molecule has 4 aromatic rings. The maximum absolute atomic E-state index is 4.64. The van der Waals surface area contributed by atoms with Gasteiger partial charge < -0.3 is 9.55 Å². The molecule has 0 unspecified atom stereocenters. The predicted molar refractivity (Wildman–Crippen MR) is 85.9 cm³/mol. The molecule has 0 aliphatic rings. The molecule has 4 rings (SSSR count). The molecule has 1 N–H and O–H groups in total. The second-order valence-electron chi connectivity index (χ2n) is 5.32. The number of benzene rings is 1. The highest BCUT2D eigenvalue weighted by atomic mass is 15.1. The lowest BCUT2D eigenvalue weighted by molar-refractivity contribution is 0.976. The smallest absolute Gasteiger partial charge is 0.138 e. The van der Waals surface area contributed by atoms with E-state index in [4.69, 9.17) is 0 Å². The average Bonchev–Trinajstić information content (AvgIpc) is 3.10. The fourth-order valence-corrected chi connectivity index (χ4v) is 2.67. The molecule has 0 bridgehead atoms. The Bertz CT molecular complexity index is 950. The Morgan fingerprint density at radius 1 is 1.00 bits per heavy atom. The minimum atomic E-state index is 0.855. The number of hydrogen-bond acceptors (Lipinski definition) is 3. The summed E-state index contributed by atoms with van der Waals surface area (Å²) in [6, 6.07) is 10.1. The van der Waals surface area contributed by atoms with Crippen LogP contribution in [0.1, 0.15) is 11.5 Å².